The molecule has 0 aromatic rings. The van der Waals surface area contributed by atoms with E-state index in [2.05, 4.69) is 33.6 Å². The molecule has 0 aromatic heterocycles. The number of thiol groups is 1. The van der Waals surface area contributed by atoms with Gasteiger partial charge in [-0.15, -0.1) is 0 Å². The Hall–Kier alpha value is -3.11. The Labute approximate surface area is 195 Å². The second-order valence-corrected chi connectivity index (χ2v) is 7.46. The molecule has 0 aliphatic rings. The number of aliphatic hydroxyl groups excluding tert-OH is 1. The van der Waals surface area contributed by atoms with Gasteiger partial charge in [-0.05, 0) is 19.8 Å². The monoisotopic (exact) mass is 492 g/mol. The molecule has 5 unspecified atom stereocenters. The number of amides is 4. The topological polar surface area (TPSA) is 278 Å². The predicted molar refractivity (Wildman–Crippen MR) is 121 cm³/mol. The first-order valence-electron chi connectivity index (χ1n) is 9.82. The normalized spacial score (nSPS) is 15.2. The first kappa shape index (κ1) is 29.9. The van der Waals surface area contributed by atoms with E-state index in [1.165, 1.54) is 6.92 Å². The van der Waals surface area contributed by atoms with Crippen LogP contribution in [-0.2, 0) is 24.0 Å². The maximum Gasteiger partial charge on any atom is 0.326 e. The first-order valence-corrected chi connectivity index (χ1v) is 10.5. The molecule has 0 rings (SSSR count). The Balaban J connectivity index is 5.37. The number of aliphatic imine (C=N–C) groups is 1. The van der Waals surface area contributed by atoms with Crippen molar-refractivity contribution in [2.75, 3.05) is 12.3 Å². The van der Waals surface area contributed by atoms with Crippen molar-refractivity contribution in [2.45, 2.75) is 56.5 Å². The number of nitrogens with two attached hydrogens (primary N) is 4. The van der Waals surface area contributed by atoms with Gasteiger partial charge in [-0.25, -0.2) is 4.79 Å². The van der Waals surface area contributed by atoms with Gasteiger partial charge in [0.1, 0.15) is 18.1 Å². The second-order valence-electron chi connectivity index (χ2n) is 7.10. The molecule has 0 aliphatic heterocycles. The lowest BCUT2D eigenvalue weighted by Crippen LogP contribution is -2.60. The summed E-state index contributed by atoms with van der Waals surface area (Å²) in [7, 11) is 0. The molecule has 13 N–H and O–H groups in total. The van der Waals surface area contributed by atoms with Gasteiger partial charge in [0.25, 0.3) is 0 Å². The number of primary amides is 1. The van der Waals surface area contributed by atoms with E-state index in [-0.39, 0.29) is 31.1 Å². The number of guanidine groups is 1. The number of hydrogen-bond donors (Lipinski definition) is 10. The van der Waals surface area contributed by atoms with E-state index in [9.17, 15) is 34.2 Å². The maximum atomic E-state index is 12.6. The third kappa shape index (κ3) is 11.9. The van der Waals surface area contributed by atoms with Crippen molar-refractivity contribution in [3.63, 3.8) is 0 Å². The summed E-state index contributed by atoms with van der Waals surface area (Å²) in [5.74, 6) is -5.37. The van der Waals surface area contributed by atoms with Crippen LogP contribution in [0.2, 0.25) is 0 Å². The van der Waals surface area contributed by atoms with Crippen LogP contribution in [0, 0.1) is 0 Å². The standard InChI is InChI=1S/C17H32N8O7S/c1-7(26)12(25-13(28)8(18)6-33)15(30)24-10(5-11(19)27)14(29)23-9(16(31)32)3-2-4-22-17(20)21/h7-10,12,26,33H,2-6,18H2,1H3,(H2,19,27)(H,23,29)(H,24,30)(H,25,28)(H,31,32)(H4,20,21,22). The molecule has 0 spiro atoms. The minimum absolute atomic E-state index is 0.0353. The number of aliphatic hydroxyl groups is 1. The van der Waals surface area contributed by atoms with Gasteiger partial charge in [0.15, 0.2) is 5.96 Å². The molecule has 5 atom stereocenters. The van der Waals surface area contributed by atoms with Gasteiger partial charge in [0.2, 0.25) is 23.6 Å². The van der Waals surface area contributed by atoms with Crippen molar-refractivity contribution in [1.82, 2.24) is 16.0 Å². The molecule has 0 aliphatic carbocycles. The number of aliphatic carboxylic acids is 1. The predicted octanol–water partition coefficient (Wildman–Crippen LogP) is -4.91. The highest BCUT2D eigenvalue weighted by Crippen LogP contribution is 2.03. The van der Waals surface area contributed by atoms with E-state index >= 15 is 0 Å². The van der Waals surface area contributed by atoms with Gasteiger partial charge in [0, 0.05) is 12.3 Å². The van der Waals surface area contributed by atoms with Gasteiger partial charge in [0.05, 0.1) is 18.6 Å². The zero-order valence-corrected chi connectivity index (χ0v) is 19.0. The summed E-state index contributed by atoms with van der Waals surface area (Å²) >= 11 is 3.87. The fraction of sp³-hybridized carbons (Fsp3) is 0.647. The van der Waals surface area contributed by atoms with Crippen LogP contribution in [0.1, 0.15) is 26.2 Å². The highest BCUT2D eigenvalue weighted by Gasteiger charge is 2.32. The van der Waals surface area contributed by atoms with Crippen molar-refractivity contribution < 1.29 is 34.2 Å². The highest BCUT2D eigenvalue weighted by atomic mass is 32.1. The van der Waals surface area contributed by atoms with Crippen molar-refractivity contribution in [2.24, 2.45) is 27.9 Å². The van der Waals surface area contributed by atoms with E-state index in [0.29, 0.717) is 0 Å². The van der Waals surface area contributed by atoms with Gasteiger partial charge >= 0.3 is 5.97 Å². The first-order chi connectivity index (χ1) is 15.3. The zero-order chi connectivity index (χ0) is 25.7. The fourth-order valence-corrected chi connectivity index (χ4v) is 2.62. The minimum Gasteiger partial charge on any atom is -0.480 e. The number of nitrogens with one attached hydrogen (secondary N) is 3. The Morgan fingerprint density at radius 3 is 2.00 bits per heavy atom. The summed E-state index contributed by atoms with van der Waals surface area (Å²) in [5.41, 5.74) is 21.0. The SMILES string of the molecule is CC(O)C(NC(=O)C(N)CS)C(=O)NC(CC(N)=O)C(=O)NC(CCCN=C(N)N)C(=O)O. The molecule has 4 amide bonds. The highest BCUT2D eigenvalue weighted by molar-refractivity contribution is 7.80. The van der Waals surface area contributed by atoms with Crippen LogP contribution in [0.3, 0.4) is 0 Å². The Bertz CT molecular complexity index is 745. The third-order valence-corrected chi connectivity index (χ3v) is 4.59. The quantitative estimate of drug-likeness (QED) is 0.0450. The molecular formula is C17H32N8O7S. The molecule has 0 saturated heterocycles. The van der Waals surface area contributed by atoms with Crippen molar-refractivity contribution in [1.29, 1.82) is 0 Å². The number of carboxylic acids is 1. The molecule has 0 saturated carbocycles. The molecule has 0 aromatic carbocycles. The average molecular weight is 493 g/mol. The molecule has 0 radical (unpaired) electrons. The molecule has 188 valence electrons. The van der Waals surface area contributed by atoms with Gasteiger partial charge in [-0.2, -0.15) is 12.6 Å². The van der Waals surface area contributed by atoms with Crippen LogP contribution in [0.25, 0.3) is 0 Å². The largest absolute Gasteiger partial charge is 0.480 e. The Morgan fingerprint density at radius 1 is 0.970 bits per heavy atom. The minimum atomic E-state index is -1.58. The lowest BCUT2D eigenvalue weighted by molar-refractivity contribution is -0.142. The van der Waals surface area contributed by atoms with Crippen LogP contribution in [0.5, 0.6) is 0 Å². The third-order valence-electron chi connectivity index (χ3n) is 4.19. The summed E-state index contributed by atoms with van der Waals surface area (Å²) < 4.78 is 0. The fourth-order valence-electron chi connectivity index (χ4n) is 2.45. The number of carbonyl (C=O) groups is 5. The zero-order valence-electron chi connectivity index (χ0n) is 18.1. The van der Waals surface area contributed by atoms with E-state index in [4.69, 9.17) is 22.9 Å². The van der Waals surface area contributed by atoms with Gasteiger partial charge < -0.3 is 49.1 Å². The van der Waals surface area contributed by atoms with Crippen molar-refractivity contribution in [3.05, 3.63) is 0 Å². The summed E-state index contributed by atoms with van der Waals surface area (Å²) in [5, 5.41) is 25.8. The number of carbonyl (C=O) groups excluding carboxylic acids is 4. The maximum absolute atomic E-state index is 12.6. The van der Waals surface area contributed by atoms with E-state index in [1.807, 2.05) is 0 Å². The second kappa shape index (κ2) is 14.9. The van der Waals surface area contributed by atoms with Crippen LogP contribution >= 0.6 is 12.6 Å². The Morgan fingerprint density at radius 2 is 1.55 bits per heavy atom. The van der Waals surface area contributed by atoms with Crippen LogP contribution in [0.4, 0.5) is 0 Å². The molecule has 0 fully saturated rings. The summed E-state index contributed by atoms with van der Waals surface area (Å²) in [6.07, 6.45) is -1.91. The Kier molecular flexibility index (Phi) is 13.5. The number of rotatable bonds is 15. The van der Waals surface area contributed by atoms with Gasteiger partial charge in [-0.3, -0.25) is 24.2 Å². The van der Waals surface area contributed by atoms with Gasteiger partial charge in [-0.1, -0.05) is 0 Å². The molecule has 0 heterocycles. The molecule has 15 nitrogen and oxygen atoms in total. The molecule has 33 heavy (non-hydrogen) atoms. The van der Waals surface area contributed by atoms with Crippen molar-refractivity contribution in [3.8, 4) is 0 Å². The van der Waals surface area contributed by atoms with Crippen LogP contribution in [-0.4, -0.2) is 88.3 Å². The van der Waals surface area contributed by atoms with E-state index in [1.54, 1.807) is 0 Å². The van der Waals surface area contributed by atoms with E-state index in [0.717, 1.165) is 0 Å². The lowest BCUT2D eigenvalue weighted by Gasteiger charge is -2.25. The summed E-state index contributed by atoms with van der Waals surface area (Å²) in [4.78, 5) is 63.7. The van der Waals surface area contributed by atoms with Crippen molar-refractivity contribution >= 4 is 48.2 Å². The molecular weight excluding hydrogens is 460 g/mol. The van der Waals surface area contributed by atoms with Crippen LogP contribution in [0.15, 0.2) is 4.99 Å². The number of carboxylic acid groups (broad SMARTS) is 1. The van der Waals surface area contributed by atoms with E-state index < -0.39 is 66.3 Å². The number of hydrogen-bond acceptors (Lipinski definition) is 9. The average Bonchev–Trinajstić information content (AvgIpc) is 2.71. The summed E-state index contributed by atoms with van der Waals surface area (Å²) in [6.45, 7) is 1.32. The molecule has 0 bridgehead atoms. The number of nitrogens with zero attached hydrogens (tertiary/aromatic N) is 1. The molecule has 16 heteroatoms. The van der Waals surface area contributed by atoms with Crippen LogP contribution < -0.4 is 38.9 Å². The summed E-state index contributed by atoms with van der Waals surface area (Å²) in [6, 6.07) is -5.55. The smallest absolute Gasteiger partial charge is 0.326 e. The lowest BCUT2D eigenvalue weighted by atomic mass is 10.1.